The van der Waals surface area contributed by atoms with Crippen LogP contribution in [0.15, 0.2) is 91.5 Å². The summed E-state index contributed by atoms with van der Waals surface area (Å²) in [6, 6.07) is 18.9. The Kier molecular flexibility index (Phi) is 6.90. The molecule has 0 heterocycles. The fourth-order valence-corrected chi connectivity index (χ4v) is 3.05. The third-order valence-electron chi connectivity index (χ3n) is 4.60. The minimum atomic E-state index is -4.32. The van der Waals surface area contributed by atoms with Gasteiger partial charge in [-0.15, -0.1) is 6.58 Å². The second kappa shape index (κ2) is 9.60. The van der Waals surface area contributed by atoms with Gasteiger partial charge in [-0.1, -0.05) is 60.7 Å². The molecule has 0 atom stereocenters. The molecule has 31 heavy (non-hydrogen) atoms. The lowest BCUT2D eigenvalue weighted by Crippen LogP contribution is -2.22. The van der Waals surface area contributed by atoms with Gasteiger partial charge in [0.05, 0.1) is 6.08 Å². The van der Waals surface area contributed by atoms with Crippen LogP contribution < -0.4 is 4.74 Å². The monoisotopic (exact) mass is 430 g/mol. The minimum Gasteiger partial charge on any atom is -0.426 e. The Balaban J connectivity index is 1.76. The van der Waals surface area contributed by atoms with Crippen molar-refractivity contribution in [3.05, 3.63) is 103 Å². The molecule has 0 saturated carbocycles. The molecule has 3 aromatic rings. The molecule has 0 aliphatic rings. The molecule has 0 N–H and O–H groups in total. The van der Waals surface area contributed by atoms with Gasteiger partial charge in [0.1, 0.15) is 0 Å². The highest BCUT2D eigenvalue weighted by molar-refractivity contribution is 5.71. The number of rotatable bonds is 8. The molecule has 0 saturated heterocycles. The Hall–Kier alpha value is -3.41. The number of alkyl halides is 2. The highest BCUT2D eigenvalue weighted by atomic mass is 19.3. The van der Waals surface area contributed by atoms with Gasteiger partial charge in [0.25, 0.3) is 6.08 Å². The van der Waals surface area contributed by atoms with Crippen molar-refractivity contribution >= 4 is 0 Å². The van der Waals surface area contributed by atoms with Crippen LogP contribution in [0.5, 0.6) is 5.75 Å². The summed E-state index contributed by atoms with van der Waals surface area (Å²) in [6.45, 7) is 3.72. The molecule has 0 aliphatic heterocycles. The lowest BCUT2D eigenvalue weighted by Gasteiger charge is -2.15. The number of ether oxygens (including phenoxy) is 1. The molecule has 0 radical (unpaired) electrons. The van der Waals surface area contributed by atoms with Crippen molar-refractivity contribution in [1.29, 1.82) is 0 Å². The summed E-state index contributed by atoms with van der Waals surface area (Å²) < 4.78 is 69.0. The average molecular weight is 430 g/mol. The van der Waals surface area contributed by atoms with Crippen LogP contribution in [0.4, 0.5) is 22.0 Å². The normalized spacial score (nSPS) is 11.1. The second-order valence-corrected chi connectivity index (χ2v) is 6.84. The molecule has 0 unspecified atom stereocenters. The lowest BCUT2D eigenvalue weighted by molar-refractivity contribution is -0.135. The number of hydrogen-bond donors (Lipinski definition) is 0. The van der Waals surface area contributed by atoms with Crippen LogP contribution in [0.3, 0.4) is 0 Å². The lowest BCUT2D eigenvalue weighted by atomic mass is 9.99. The molecule has 3 rings (SSSR count). The summed E-state index contributed by atoms with van der Waals surface area (Å²) >= 11 is 0. The smallest absolute Gasteiger partial charge is 0.425 e. The molecular formula is C25H19F5O. The van der Waals surface area contributed by atoms with Crippen LogP contribution in [0.25, 0.3) is 22.3 Å². The van der Waals surface area contributed by atoms with Crippen LogP contribution in [0.2, 0.25) is 0 Å². The number of allylic oxidation sites excluding steroid dienone is 1. The Morgan fingerprint density at radius 1 is 0.839 bits per heavy atom. The highest BCUT2D eigenvalue weighted by Gasteiger charge is 2.31. The van der Waals surface area contributed by atoms with Crippen molar-refractivity contribution in [2.45, 2.75) is 19.0 Å². The summed E-state index contributed by atoms with van der Waals surface area (Å²) in [7, 11) is 0. The first-order valence-electron chi connectivity index (χ1n) is 9.48. The summed E-state index contributed by atoms with van der Waals surface area (Å²) in [6.07, 6.45) is -3.89. The van der Waals surface area contributed by atoms with E-state index in [0.29, 0.717) is 11.1 Å². The largest absolute Gasteiger partial charge is 0.426 e. The van der Waals surface area contributed by atoms with Crippen molar-refractivity contribution in [2.24, 2.45) is 0 Å². The van der Waals surface area contributed by atoms with E-state index in [1.165, 1.54) is 11.6 Å². The standard InChI is InChI=1S/C25H19F5O/c1-2-3-4-17-5-7-18(8-6-17)19-9-11-20(12-10-19)21-13-14-23(22(26)15-21)31-25(29,30)16-24(27)28/h2,5-16H,1,3-4H2. The first-order chi connectivity index (χ1) is 14.8. The molecule has 0 fully saturated rings. The predicted octanol–water partition coefficient (Wildman–Crippen LogP) is 8.03. The Bertz CT molecular complexity index is 1070. The summed E-state index contributed by atoms with van der Waals surface area (Å²) in [4.78, 5) is 0. The van der Waals surface area contributed by atoms with Crippen LogP contribution in [-0.2, 0) is 6.42 Å². The van der Waals surface area contributed by atoms with E-state index in [0.717, 1.165) is 36.1 Å². The fourth-order valence-electron chi connectivity index (χ4n) is 3.05. The van der Waals surface area contributed by atoms with Crippen LogP contribution in [0, 0.1) is 5.82 Å². The van der Waals surface area contributed by atoms with Gasteiger partial charge in [0, 0.05) is 0 Å². The Morgan fingerprint density at radius 2 is 1.35 bits per heavy atom. The van der Waals surface area contributed by atoms with Gasteiger partial charge in [-0.3, -0.25) is 0 Å². The molecule has 6 heteroatoms. The molecular weight excluding hydrogens is 411 g/mol. The molecule has 0 aromatic heterocycles. The number of aryl methyl sites for hydroxylation is 1. The zero-order valence-electron chi connectivity index (χ0n) is 16.4. The van der Waals surface area contributed by atoms with Gasteiger partial charge >= 0.3 is 6.11 Å². The van der Waals surface area contributed by atoms with Crippen LogP contribution in [-0.4, -0.2) is 6.11 Å². The maximum absolute atomic E-state index is 14.2. The maximum atomic E-state index is 14.2. The van der Waals surface area contributed by atoms with Gasteiger partial charge in [0.2, 0.25) is 0 Å². The van der Waals surface area contributed by atoms with Gasteiger partial charge in [0.15, 0.2) is 11.6 Å². The van der Waals surface area contributed by atoms with Gasteiger partial charge in [-0.25, -0.2) is 4.39 Å². The van der Waals surface area contributed by atoms with E-state index in [1.54, 1.807) is 12.1 Å². The SMILES string of the molecule is C=CCCc1ccc(-c2ccc(-c3ccc(OC(F)(F)C=C(F)F)c(F)c3)cc2)cc1. The molecule has 160 valence electrons. The molecule has 1 nitrogen and oxygen atoms in total. The zero-order chi connectivity index (χ0) is 22.4. The van der Waals surface area contributed by atoms with E-state index in [1.807, 2.05) is 30.3 Å². The second-order valence-electron chi connectivity index (χ2n) is 6.84. The van der Waals surface area contributed by atoms with Gasteiger partial charge in [-0.2, -0.15) is 17.6 Å². The van der Waals surface area contributed by atoms with E-state index >= 15 is 0 Å². The third kappa shape index (κ3) is 6.04. The quantitative estimate of drug-likeness (QED) is 0.260. The van der Waals surface area contributed by atoms with E-state index in [2.05, 4.69) is 23.4 Å². The summed E-state index contributed by atoms with van der Waals surface area (Å²) in [5.74, 6) is -1.90. The predicted molar refractivity (Wildman–Crippen MR) is 112 cm³/mol. The molecule has 0 bridgehead atoms. The first-order valence-corrected chi connectivity index (χ1v) is 9.48. The number of hydrogen-bond acceptors (Lipinski definition) is 1. The van der Waals surface area contributed by atoms with Crippen molar-refractivity contribution < 1.29 is 26.7 Å². The van der Waals surface area contributed by atoms with Crippen LogP contribution in [0.1, 0.15) is 12.0 Å². The van der Waals surface area contributed by atoms with E-state index in [4.69, 9.17) is 0 Å². The Morgan fingerprint density at radius 3 is 1.87 bits per heavy atom. The first kappa shape index (κ1) is 22.3. The molecule has 0 spiro atoms. The minimum absolute atomic E-state index is 0.437. The molecule has 0 aliphatic carbocycles. The topological polar surface area (TPSA) is 9.23 Å². The summed E-state index contributed by atoms with van der Waals surface area (Å²) in [5.41, 5.74) is 4.32. The third-order valence-corrected chi connectivity index (χ3v) is 4.60. The highest BCUT2D eigenvalue weighted by Crippen LogP contribution is 2.31. The van der Waals surface area contributed by atoms with Gasteiger partial charge in [-0.05, 0) is 52.8 Å². The van der Waals surface area contributed by atoms with E-state index in [-0.39, 0.29) is 0 Å². The maximum Gasteiger partial charge on any atom is 0.425 e. The van der Waals surface area contributed by atoms with Crippen molar-refractivity contribution in [2.75, 3.05) is 0 Å². The van der Waals surface area contributed by atoms with Crippen molar-refractivity contribution in [1.82, 2.24) is 0 Å². The van der Waals surface area contributed by atoms with Crippen molar-refractivity contribution in [3.63, 3.8) is 0 Å². The van der Waals surface area contributed by atoms with E-state index in [9.17, 15) is 22.0 Å². The fraction of sp³-hybridized carbons (Fsp3) is 0.120. The average Bonchev–Trinajstić information content (AvgIpc) is 2.73. The number of benzene rings is 3. The van der Waals surface area contributed by atoms with Gasteiger partial charge < -0.3 is 4.74 Å². The molecule has 3 aromatic carbocycles. The zero-order valence-corrected chi connectivity index (χ0v) is 16.4. The van der Waals surface area contributed by atoms with Crippen molar-refractivity contribution in [3.8, 4) is 28.0 Å². The van der Waals surface area contributed by atoms with E-state index < -0.39 is 29.8 Å². The number of halogens is 5. The Labute approximate surface area is 177 Å². The van der Waals surface area contributed by atoms with Crippen LogP contribution >= 0.6 is 0 Å². The molecule has 0 amide bonds. The summed E-state index contributed by atoms with van der Waals surface area (Å²) in [5, 5.41) is 0.